The number of carbonyl (C=O) groups is 1. The summed E-state index contributed by atoms with van der Waals surface area (Å²) in [6, 6.07) is 9.78. The number of hydrogen-bond acceptors (Lipinski definition) is 2. The third-order valence-corrected chi connectivity index (χ3v) is 2.59. The van der Waals surface area contributed by atoms with Gasteiger partial charge in [0.1, 0.15) is 11.6 Å². The molecule has 0 aliphatic rings. The van der Waals surface area contributed by atoms with Crippen LogP contribution in [0.4, 0.5) is 14.5 Å². The molecule has 2 N–H and O–H groups in total. The standard InChI is InChI=1S/C14H11F2NO2/c15-10-3-1-2-9(6-10)8-17-11-4-5-12(14(18)19)13(16)7-11/h1-7,17H,8H2,(H,18,19). The van der Waals surface area contributed by atoms with E-state index >= 15 is 0 Å². The Morgan fingerprint density at radius 1 is 1.16 bits per heavy atom. The average molecular weight is 263 g/mol. The van der Waals surface area contributed by atoms with Crippen molar-refractivity contribution in [1.29, 1.82) is 0 Å². The highest BCUT2D eigenvalue weighted by Crippen LogP contribution is 2.15. The summed E-state index contributed by atoms with van der Waals surface area (Å²) in [6.07, 6.45) is 0. The highest BCUT2D eigenvalue weighted by molar-refractivity contribution is 5.88. The molecule has 3 nitrogen and oxygen atoms in total. The monoisotopic (exact) mass is 263 g/mol. The predicted octanol–water partition coefficient (Wildman–Crippen LogP) is 3.28. The Labute approximate surface area is 108 Å². The van der Waals surface area contributed by atoms with Gasteiger partial charge in [-0.05, 0) is 35.9 Å². The molecule has 19 heavy (non-hydrogen) atoms. The van der Waals surface area contributed by atoms with Crippen LogP contribution in [0.1, 0.15) is 15.9 Å². The molecule has 0 spiro atoms. The number of carboxylic acids is 1. The van der Waals surface area contributed by atoms with Crippen molar-refractivity contribution in [3.05, 3.63) is 65.2 Å². The summed E-state index contributed by atoms with van der Waals surface area (Å²) < 4.78 is 26.4. The van der Waals surface area contributed by atoms with Crippen molar-refractivity contribution in [1.82, 2.24) is 0 Å². The van der Waals surface area contributed by atoms with Crippen LogP contribution >= 0.6 is 0 Å². The van der Waals surface area contributed by atoms with Crippen molar-refractivity contribution in [2.24, 2.45) is 0 Å². The van der Waals surface area contributed by atoms with E-state index in [1.165, 1.54) is 24.3 Å². The minimum absolute atomic E-state index is 0.323. The molecule has 0 atom stereocenters. The van der Waals surface area contributed by atoms with Crippen LogP contribution in [0.3, 0.4) is 0 Å². The first-order valence-electron chi connectivity index (χ1n) is 5.57. The maximum Gasteiger partial charge on any atom is 0.338 e. The Balaban J connectivity index is 2.08. The molecule has 0 amide bonds. The summed E-state index contributed by atoms with van der Waals surface area (Å²) >= 11 is 0. The number of nitrogens with one attached hydrogen (secondary N) is 1. The van der Waals surface area contributed by atoms with Gasteiger partial charge in [-0.1, -0.05) is 12.1 Å². The molecule has 0 unspecified atom stereocenters. The van der Waals surface area contributed by atoms with Gasteiger partial charge in [-0.25, -0.2) is 13.6 Å². The van der Waals surface area contributed by atoms with Gasteiger partial charge in [0.2, 0.25) is 0 Å². The fourth-order valence-electron chi connectivity index (χ4n) is 1.65. The van der Waals surface area contributed by atoms with Crippen molar-refractivity contribution >= 4 is 11.7 Å². The Morgan fingerprint density at radius 3 is 2.58 bits per heavy atom. The van der Waals surface area contributed by atoms with Gasteiger partial charge in [-0.15, -0.1) is 0 Å². The van der Waals surface area contributed by atoms with E-state index in [1.54, 1.807) is 12.1 Å². The fraction of sp³-hybridized carbons (Fsp3) is 0.0714. The fourth-order valence-corrected chi connectivity index (χ4v) is 1.65. The first kappa shape index (κ1) is 13.0. The maximum absolute atomic E-state index is 13.4. The molecule has 0 heterocycles. The summed E-state index contributed by atoms with van der Waals surface area (Å²) in [6.45, 7) is 0.323. The van der Waals surface area contributed by atoms with E-state index in [-0.39, 0.29) is 11.4 Å². The van der Waals surface area contributed by atoms with Gasteiger partial charge in [-0.2, -0.15) is 0 Å². The van der Waals surface area contributed by atoms with Gasteiger partial charge < -0.3 is 10.4 Å². The zero-order valence-corrected chi connectivity index (χ0v) is 9.86. The van der Waals surface area contributed by atoms with Gasteiger partial charge in [0, 0.05) is 12.2 Å². The van der Waals surface area contributed by atoms with E-state index in [0.29, 0.717) is 17.8 Å². The van der Waals surface area contributed by atoms with Crippen LogP contribution in [-0.2, 0) is 6.54 Å². The maximum atomic E-state index is 13.4. The number of rotatable bonds is 4. The van der Waals surface area contributed by atoms with Crippen LogP contribution in [0.5, 0.6) is 0 Å². The molecule has 0 aromatic heterocycles. The number of anilines is 1. The second-order valence-electron chi connectivity index (χ2n) is 3.98. The van der Waals surface area contributed by atoms with E-state index in [0.717, 1.165) is 6.07 Å². The van der Waals surface area contributed by atoms with E-state index in [9.17, 15) is 13.6 Å². The molecule has 0 aliphatic heterocycles. The van der Waals surface area contributed by atoms with Crippen LogP contribution in [0.2, 0.25) is 0 Å². The smallest absolute Gasteiger partial charge is 0.338 e. The second-order valence-corrected chi connectivity index (χ2v) is 3.98. The Kier molecular flexibility index (Phi) is 3.75. The molecule has 0 fully saturated rings. The van der Waals surface area contributed by atoms with E-state index in [4.69, 9.17) is 5.11 Å². The van der Waals surface area contributed by atoms with Crippen molar-refractivity contribution in [2.45, 2.75) is 6.54 Å². The van der Waals surface area contributed by atoms with Gasteiger partial charge in [0.15, 0.2) is 0 Å². The van der Waals surface area contributed by atoms with E-state index in [2.05, 4.69) is 5.32 Å². The number of hydrogen-bond donors (Lipinski definition) is 2. The van der Waals surface area contributed by atoms with Crippen LogP contribution in [-0.4, -0.2) is 11.1 Å². The van der Waals surface area contributed by atoms with Crippen molar-refractivity contribution < 1.29 is 18.7 Å². The highest BCUT2D eigenvalue weighted by Gasteiger charge is 2.10. The number of aromatic carboxylic acids is 1. The minimum atomic E-state index is -1.31. The lowest BCUT2D eigenvalue weighted by molar-refractivity contribution is 0.0692. The highest BCUT2D eigenvalue weighted by atomic mass is 19.1. The molecule has 2 rings (SSSR count). The van der Waals surface area contributed by atoms with Gasteiger partial charge in [0.05, 0.1) is 5.56 Å². The lowest BCUT2D eigenvalue weighted by Crippen LogP contribution is -2.03. The van der Waals surface area contributed by atoms with Crippen molar-refractivity contribution in [3.8, 4) is 0 Å². The summed E-state index contributed by atoms with van der Waals surface area (Å²) in [5.41, 5.74) is 0.769. The Morgan fingerprint density at radius 2 is 1.95 bits per heavy atom. The largest absolute Gasteiger partial charge is 0.478 e. The average Bonchev–Trinajstić information content (AvgIpc) is 2.36. The molecule has 2 aromatic rings. The summed E-state index contributed by atoms with van der Waals surface area (Å²) in [5, 5.41) is 11.6. The first-order valence-corrected chi connectivity index (χ1v) is 5.57. The quantitative estimate of drug-likeness (QED) is 0.890. The van der Waals surface area contributed by atoms with Gasteiger partial charge >= 0.3 is 5.97 Å². The molecule has 5 heteroatoms. The Hall–Kier alpha value is -2.43. The van der Waals surface area contributed by atoms with E-state index < -0.39 is 11.8 Å². The lowest BCUT2D eigenvalue weighted by Gasteiger charge is -2.07. The van der Waals surface area contributed by atoms with Gasteiger partial charge in [-0.3, -0.25) is 0 Å². The topological polar surface area (TPSA) is 49.3 Å². The Bertz CT molecular complexity index is 614. The van der Waals surface area contributed by atoms with Crippen LogP contribution in [0.25, 0.3) is 0 Å². The zero-order valence-electron chi connectivity index (χ0n) is 9.86. The summed E-state index contributed by atoms with van der Waals surface area (Å²) in [4.78, 5) is 10.6. The SMILES string of the molecule is O=C(O)c1ccc(NCc2cccc(F)c2)cc1F. The molecule has 2 aromatic carbocycles. The summed E-state index contributed by atoms with van der Waals surface area (Å²) in [7, 11) is 0. The number of halogens is 2. The van der Waals surface area contributed by atoms with Crippen LogP contribution in [0.15, 0.2) is 42.5 Å². The van der Waals surface area contributed by atoms with E-state index in [1.807, 2.05) is 0 Å². The normalized spacial score (nSPS) is 10.2. The third-order valence-electron chi connectivity index (χ3n) is 2.59. The molecular formula is C14H11F2NO2. The summed E-state index contributed by atoms with van der Waals surface area (Å²) in [5.74, 6) is -2.46. The second kappa shape index (κ2) is 5.48. The number of carboxylic acid groups (broad SMARTS) is 1. The molecule has 98 valence electrons. The third kappa shape index (κ3) is 3.28. The van der Waals surface area contributed by atoms with Gasteiger partial charge in [0.25, 0.3) is 0 Å². The molecular weight excluding hydrogens is 252 g/mol. The van der Waals surface area contributed by atoms with Crippen LogP contribution in [0, 0.1) is 11.6 Å². The van der Waals surface area contributed by atoms with Crippen LogP contribution < -0.4 is 5.32 Å². The molecule has 0 saturated heterocycles. The zero-order chi connectivity index (χ0) is 13.8. The predicted molar refractivity (Wildman–Crippen MR) is 67.1 cm³/mol. The molecule has 0 radical (unpaired) electrons. The minimum Gasteiger partial charge on any atom is -0.478 e. The molecule has 0 bridgehead atoms. The van der Waals surface area contributed by atoms with Crippen molar-refractivity contribution in [2.75, 3.05) is 5.32 Å². The van der Waals surface area contributed by atoms with Crippen molar-refractivity contribution in [3.63, 3.8) is 0 Å². The molecule has 0 aliphatic carbocycles. The molecule has 0 saturated carbocycles. The number of benzene rings is 2. The lowest BCUT2D eigenvalue weighted by atomic mass is 10.1. The first-order chi connectivity index (χ1) is 9.06.